The van der Waals surface area contributed by atoms with Crippen molar-refractivity contribution in [1.82, 2.24) is 4.90 Å². The number of rotatable bonds is 6. The Morgan fingerprint density at radius 3 is 2.59 bits per heavy atom. The minimum atomic E-state index is -0.00310. The van der Waals surface area contributed by atoms with Crippen molar-refractivity contribution in [2.75, 3.05) is 44.4 Å². The van der Waals surface area contributed by atoms with Gasteiger partial charge in [0.2, 0.25) is 0 Å². The van der Waals surface area contributed by atoms with Crippen LogP contribution in [0.2, 0.25) is 0 Å². The van der Waals surface area contributed by atoms with E-state index in [-0.39, 0.29) is 6.29 Å². The first-order valence-electron chi connectivity index (χ1n) is 10.7. The van der Waals surface area contributed by atoms with E-state index in [1.807, 2.05) is 11.8 Å². The first-order valence-corrected chi connectivity index (χ1v) is 11.6. The Balaban J connectivity index is 1.35. The van der Waals surface area contributed by atoms with Crippen molar-refractivity contribution < 1.29 is 9.47 Å². The van der Waals surface area contributed by atoms with Gasteiger partial charge in [0.1, 0.15) is 6.73 Å². The highest BCUT2D eigenvalue weighted by Gasteiger charge is 2.21. The lowest BCUT2D eigenvalue weighted by Gasteiger charge is -2.37. The molecule has 1 atom stereocenters. The SMILES string of the molecule is Cc1ccc(Sc2ccccc2N2CCN(CO[C@H]3CCCCO3)CC2)c(C)c1. The number of benzene rings is 2. The zero-order valence-corrected chi connectivity index (χ0v) is 18.4. The fourth-order valence-electron chi connectivity index (χ4n) is 3.99. The maximum atomic E-state index is 5.97. The molecule has 2 aliphatic rings. The zero-order chi connectivity index (χ0) is 20.1. The normalized spacial score (nSPS) is 20.8. The maximum absolute atomic E-state index is 5.97. The molecule has 2 heterocycles. The third-order valence-electron chi connectivity index (χ3n) is 5.71. The summed E-state index contributed by atoms with van der Waals surface area (Å²) in [7, 11) is 0. The van der Waals surface area contributed by atoms with Gasteiger partial charge in [0, 0.05) is 42.6 Å². The van der Waals surface area contributed by atoms with Crippen molar-refractivity contribution in [2.24, 2.45) is 0 Å². The van der Waals surface area contributed by atoms with Crippen LogP contribution in [0.15, 0.2) is 52.3 Å². The minimum absolute atomic E-state index is 0.00310. The summed E-state index contributed by atoms with van der Waals surface area (Å²) in [4.78, 5) is 7.58. The zero-order valence-electron chi connectivity index (χ0n) is 17.6. The van der Waals surface area contributed by atoms with Crippen molar-refractivity contribution in [1.29, 1.82) is 0 Å². The Morgan fingerprint density at radius 1 is 1.00 bits per heavy atom. The van der Waals surface area contributed by atoms with Crippen molar-refractivity contribution in [3.63, 3.8) is 0 Å². The third-order valence-corrected chi connectivity index (χ3v) is 6.95. The summed E-state index contributed by atoms with van der Waals surface area (Å²) in [6.45, 7) is 9.97. The summed E-state index contributed by atoms with van der Waals surface area (Å²) >= 11 is 1.88. The van der Waals surface area contributed by atoms with Gasteiger partial charge < -0.3 is 14.4 Å². The average Bonchev–Trinajstić information content (AvgIpc) is 2.76. The first-order chi connectivity index (χ1) is 14.2. The van der Waals surface area contributed by atoms with E-state index in [4.69, 9.17) is 9.47 Å². The summed E-state index contributed by atoms with van der Waals surface area (Å²) < 4.78 is 11.7. The van der Waals surface area contributed by atoms with Crippen LogP contribution in [-0.4, -0.2) is 50.7 Å². The molecule has 0 aromatic heterocycles. The summed E-state index contributed by atoms with van der Waals surface area (Å²) in [5.41, 5.74) is 4.00. The molecule has 2 saturated heterocycles. The molecule has 0 N–H and O–H groups in total. The monoisotopic (exact) mass is 412 g/mol. The molecule has 4 nitrogen and oxygen atoms in total. The Bertz CT molecular complexity index is 799. The molecule has 156 valence electrons. The number of para-hydroxylation sites is 1. The number of anilines is 1. The smallest absolute Gasteiger partial charge is 0.159 e. The predicted molar refractivity (Wildman–Crippen MR) is 120 cm³/mol. The quantitative estimate of drug-likeness (QED) is 0.659. The van der Waals surface area contributed by atoms with E-state index in [1.165, 1.54) is 33.0 Å². The first kappa shape index (κ1) is 20.7. The number of nitrogens with zero attached hydrogens (tertiary/aromatic N) is 2. The van der Waals surface area contributed by atoms with Crippen LogP contribution in [0.4, 0.5) is 5.69 Å². The van der Waals surface area contributed by atoms with Gasteiger partial charge in [0.15, 0.2) is 6.29 Å². The lowest BCUT2D eigenvalue weighted by molar-refractivity contribution is -0.184. The maximum Gasteiger partial charge on any atom is 0.159 e. The molecule has 0 amide bonds. The van der Waals surface area contributed by atoms with Gasteiger partial charge in [-0.25, -0.2) is 0 Å². The van der Waals surface area contributed by atoms with Crippen molar-refractivity contribution in [2.45, 2.75) is 49.2 Å². The number of hydrogen-bond donors (Lipinski definition) is 0. The fraction of sp³-hybridized carbons (Fsp3) is 0.500. The summed E-state index contributed by atoms with van der Waals surface area (Å²) in [5, 5.41) is 0. The second-order valence-corrected chi connectivity index (χ2v) is 9.12. The summed E-state index contributed by atoms with van der Waals surface area (Å²) in [6.07, 6.45) is 3.41. The lowest BCUT2D eigenvalue weighted by Crippen LogP contribution is -2.47. The third kappa shape index (κ3) is 5.54. The molecule has 0 radical (unpaired) electrons. The van der Waals surface area contributed by atoms with Crippen LogP contribution in [0.3, 0.4) is 0 Å². The topological polar surface area (TPSA) is 24.9 Å². The van der Waals surface area contributed by atoms with Crippen LogP contribution in [0.5, 0.6) is 0 Å². The second kappa shape index (κ2) is 9.98. The highest BCUT2D eigenvalue weighted by Crippen LogP contribution is 2.37. The van der Waals surface area contributed by atoms with Gasteiger partial charge in [0.05, 0.1) is 5.69 Å². The van der Waals surface area contributed by atoms with Gasteiger partial charge in [0.25, 0.3) is 0 Å². The van der Waals surface area contributed by atoms with Crippen LogP contribution in [0, 0.1) is 13.8 Å². The van der Waals surface area contributed by atoms with Crippen LogP contribution in [-0.2, 0) is 9.47 Å². The molecule has 0 unspecified atom stereocenters. The Kier molecular flexibility index (Phi) is 7.14. The van der Waals surface area contributed by atoms with Gasteiger partial charge >= 0.3 is 0 Å². The molecule has 2 aromatic rings. The van der Waals surface area contributed by atoms with Crippen LogP contribution in [0.25, 0.3) is 0 Å². The molecule has 5 heteroatoms. The minimum Gasteiger partial charge on any atom is -0.368 e. The van der Waals surface area contributed by atoms with Gasteiger partial charge in [-0.1, -0.05) is 41.6 Å². The molecular weight excluding hydrogens is 380 g/mol. The molecular formula is C24H32N2O2S. The Hall–Kier alpha value is -1.53. The number of piperazine rings is 1. The molecule has 2 aromatic carbocycles. The summed E-state index contributed by atoms with van der Waals surface area (Å²) in [6, 6.07) is 15.5. The number of ether oxygens (including phenoxy) is 2. The van der Waals surface area contributed by atoms with E-state index in [0.717, 1.165) is 45.6 Å². The highest BCUT2D eigenvalue weighted by atomic mass is 32.2. The molecule has 0 bridgehead atoms. The van der Waals surface area contributed by atoms with Gasteiger partial charge in [-0.2, -0.15) is 0 Å². The average molecular weight is 413 g/mol. The Labute approximate surface area is 179 Å². The predicted octanol–water partition coefficient (Wildman–Crippen LogP) is 5.08. The van der Waals surface area contributed by atoms with Crippen LogP contribution >= 0.6 is 11.8 Å². The van der Waals surface area contributed by atoms with E-state index >= 15 is 0 Å². The molecule has 4 rings (SSSR count). The van der Waals surface area contributed by atoms with Crippen LogP contribution < -0.4 is 4.90 Å². The summed E-state index contributed by atoms with van der Waals surface area (Å²) in [5.74, 6) is 0. The van der Waals surface area contributed by atoms with E-state index < -0.39 is 0 Å². The van der Waals surface area contributed by atoms with Crippen molar-refractivity contribution in [3.8, 4) is 0 Å². The Morgan fingerprint density at radius 2 is 1.83 bits per heavy atom. The number of hydrogen-bond acceptors (Lipinski definition) is 5. The highest BCUT2D eigenvalue weighted by molar-refractivity contribution is 7.99. The molecule has 2 fully saturated rings. The molecule has 29 heavy (non-hydrogen) atoms. The molecule has 0 aliphatic carbocycles. The molecule has 0 spiro atoms. The van der Waals surface area contributed by atoms with E-state index in [9.17, 15) is 0 Å². The van der Waals surface area contributed by atoms with E-state index in [2.05, 4.69) is 66.1 Å². The van der Waals surface area contributed by atoms with E-state index in [1.54, 1.807) is 0 Å². The van der Waals surface area contributed by atoms with Gasteiger partial charge in [-0.3, -0.25) is 4.90 Å². The molecule has 2 aliphatic heterocycles. The second-order valence-electron chi connectivity index (χ2n) is 8.04. The standard InChI is InChI=1S/C24H32N2O2S/c1-19-10-11-22(20(2)17-19)29-23-8-4-3-7-21(23)26-14-12-25(13-15-26)18-28-24-9-5-6-16-27-24/h3-4,7-8,10-11,17,24H,5-6,9,12-16,18H2,1-2H3/t24-/m0/s1. The largest absolute Gasteiger partial charge is 0.368 e. The van der Waals surface area contributed by atoms with Crippen molar-refractivity contribution >= 4 is 17.4 Å². The molecule has 0 saturated carbocycles. The fourth-order valence-corrected chi connectivity index (χ4v) is 5.03. The van der Waals surface area contributed by atoms with Crippen molar-refractivity contribution in [3.05, 3.63) is 53.6 Å². The lowest BCUT2D eigenvalue weighted by atomic mass is 10.2. The number of aryl methyl sites for hydroxylation is 2. The van der Waals surface area contributed by atoms with E-state index in [0.29, 0.717) is 6.73 Å². The van der Waals surface area contributed by atoms with Gasteiger partial charge in [-0.05, 0) is 56.9 Å². The van der Waals surface area contributed by atoms with Crippen LogP contribution in [0.1, 0.15) is 30.4 Å². The van der Waals surface area contributed by atoms with Gasteiger partial charge in [-0.15, -0.1) is 0 Å².